The Labute approximate surface area is 158 Å². The Morgan fingerprint density at radius 1 is 1.15 bits per heavy atom. The molecule has 11 heteroatoms. The highest BCUT2D eigenvalue weighted by Gasteiger charge is 2.33. The maximum Gasteiger partial charge on any atom is 0.335 e. The molecule has 0 radical (unpaired) electrons. The van der Waals surface area contributed by atoms with Crippen molar-refractivity contribution < 1.29 is 13.3 Å². The normalized spacial score (nSPS) is 15.8. The first kappa shape index (κ1) is 18.5. The van der Waals surface area contributed by atoms with Crippen molar-refractivity contribution in [2.24, 2.45) is 0 Å². The third-order valence-corrected chi connectivity index (χ3v) is 6.62. The van der Waals surface area contributed by atoms with E-state index in [2.05, 4.69) is 20.9 Å². The van der Waals surface area contributed by atoms with Gasteiger partial charge in [-0.15, -0.1) is 0 Å². The molecule has 0 spiro atoms. The van der Waals surface area contributed by atoms with Gasteiger partial charge in [0, 0.05) is 32.4 Å². The lowest BCUT2D eigenvalue weighted by Crippen LogP contribution is -2.49. The van der Waals surface area contributed by atoms with E-state index in [1.807, 2.05) is 0 Å². The zero-order chi connectivity index (χ0) is 18.9. The average molecular weight is 442 g/mol. The summed E-state index contributed by atoms with van der Waals surface area (Å²) in [7, 11) is -3.59. The van der Waals surface area contributed by atoms with E-state index in [1.54, 1.807) is 35.2 Å². The molecule has 0 amide bonds. The molecule has 26 heavy (non-hydrogen) atoms. The van der Waals surface area contributed by atoms with Crippen LogP contribution in [0.2, 0.25) is 0 Å². The Hall–Kier alpha value is -2.24. The molecule has 0 atom stereocenters. The van der Waals surface area contributed by atoms with Gasteiger partial charge in [0.05, 0.1) is 14.3 Å². The Balaban J connectivity index is 1.84. The fourth-order valence-corrected chi connectivity index (χ4v) is 4.84. The monoisotopic (exact) mass is 441 g/mol. The first-order valence-corrected chi connectivity index (χ1v) is 9.94. The van der Waals surface area contributed by atoms with E-state index in [-0.39, 0.29) is 29.5 Å². The number of aromatic nitrogens is 1. The number of hydrogen-bond acceptors (Lipinski definition) is 7. The Morgan fingerprint density at radius 2 is 1.77 bits per heavy atom. The summed E-state index contributed by atoms with van der Waals surface area (Å²) in [5, 5.41) is 11.4. The maximum atomic E-state index is 12.7. The molecule has 1 saturated heterocycles. The van der Waals surface area contributed by atoms with Crippen LogP contribution in [0.5, 0.6) is 0 Å². The molecular weight excluding hydrogens is 426 g/mol. The molecule has 0 aliphatic carbocycles. The lowest BCUT2D eigenvalue weighted by atomic mass is 10.2. The van der Waals surface area contributed by atoms with Crippen LogP contribution in [0, 0.1) is 10.1 Å². The number of halogens is 1. The van der Waals surface area contributed by atoms with Crippen molar-refractivity contribution in [2.75, 3.05) is 36.8 Å². The van der Waals surface area contributed by atoms with E-state index in [0.717, 1.165) is 0 Å². The van der Waals surface area contributed by atoms with Crippen molar-refractivity contribution in [1.82, 2.24) is 9.29 Å². The summed E-state index contributed by atoms with van der Waals surface area (Å²) >= 11 is 3.28. The van der Waals surface area contributed by atoms with Crippen molar-refractivity contribution >= 4 is 43.1 Å². The molecular formula is C15H16BrN5O4S. The van der Waals surface area contributed by atoms with Crippen LogP contribution >= 0.6 is 15.9 Å². The molecule has 0 bridgehead atoms. The number of nitro groups is 1. The number of anilines is 2. The maximum absolute atomic E-state index is 12.7. The molecule has 2 heterocycles. The highest BCUT2D eigenvalue weighted by atomic mass is 79.9. The second-order valence-corrected chi connectivity index (χ2v) is 8.44. The van der Waals surface area contributed by atoms with Gasteiger partial charge in [-0.05, 0) is 28.1 Å². The summed E-state index contributed by atoms with van der Waals surface area (Å²) in [6.07, 6.45) is 1.41. The topological polar surface area (TPSA) is 123 Å². The number of nitrogens with two attached hydrogens (primary N) is 1. The first-order chi connectivity index (χ1) is 12.3. The van der Waals surface area contributed by atoms with E-state index in [1.165, 1.54) is 10.5 Å². The Bertz CT molecular complexity index is 931. The van der Waals surface area contributed by atoms with E-state index in [4.69, 9.17) is 5.73 Å². The molecule has 2 aromatic rings. The van der Waals surface area contributed by atoms with Gasteiger partial charge in [0.1, 0.15) is 5.69 Å². The predicted molar refractivity (Wildman–Crippen MR) is 100 cm³/mol. The number of hydrogen-bond donors (Lipinski definition) is 1. The smallest absolute Gasteiger partial charge is 0.335 e. The number of pyridine rings is 1. The van der Waals surface area contributed by atoms with Gasteiger partial charge in [-0.2, -0.15) is 4.31 Å². The summed E-state index contributed by atoms with van der Waals surface area (Å²) in [5.74, 6) is -0.174. The Morgan fingerprint density at radius 3 is 2.35 bits per heavy atom. The molecule has 1 aromatic heterocycles. The third-order valence-electron chi connectivity index (χ3n) is 4.13. The van der Waals surface area contributed by atoms with Crippen LogP contribution in [-0.4, -0.2) is 48.8 Å². The lowest BCUT2D eigenvalue weighted by Gasteiger charge is -2.35. The predicted octanol–water partition coefficient (Wildman–Crippen LogP) is 1.85. The van der Waals surface area contributed by atoms with Crippen molar-refractivity contribution in [3.63, 3.8) is 0 Å². The summed E-state index contributed by atoms with van der Waals surface area (Å²) in [4.78, 5) is 16.6. The second kappa shape index (κ2) is 7.17. The average Bonchev–Trinajstić information content (AvgIpc) is 2.64. The number of benzene rings is 1. The third kappa shape index (κ3) is 3.37. The molecule has 9 nitrogen and oxygen atoms in total. The molecule has 3 rings (SSSR count). The van der Waals surface area contributed by atoms with Crippen molar-refractivity contribution in [2.45, 2.75) is 4.90 Å². The number of nitrogen functional groups attached to an aromatic ring is 1. The summed E-state index contributed by atoms with van der Waals surface area (Å²) in [6, 6.07) is 8.19. The van der Waals surface area contributed by atoms with Gasteiger partial charge in [-0.1, -0.05) is 18.2 Å². The van der Waals surface area contributed by atoms with Crippen LogP contribution in [0.1, 0.15) is 0 Å². The SMILES string of the molecule is Nc1ncc(Br)c(N2CCN(S(=O)(=O)c3ccccc3)CC2)c1[N+](=O)[O-]. The zero-order valence-electron chi connectivity index (χ0n) is 13.6. The van der Waals surface area contributed by atoms with E-state index >= 15 is 0 Å². The highest BCUT2D eigenvalue weighted by Crippen LogP contribution is 2.39. The van der Waals surface area contributed by atoms with Gasteiger partial charge in [-0.25, -0.2) is 13.4 Å². The minimum atomic E-state index is -3.59. The molecule has 1 aliphatic rings. The number of sulfonamides is 1. The molecule has 2 N–H and O–H groups in total. The van der Waals surface area contributed by atoms with Crippen LogP contribution in [0.25, 0.3) is 0 Å². The Kier molecular flexibility index (Phi) is 5.12. The highest BCUT2D eigenvalue weighted by molar-refractivity contribution is 9.10. The van der Waals surface area contributed by atoms with Crippen LogP contribution in [0.3, 0.4) is 0 Å². The standard InChI is InChI=1S/C15H16BrN5O4S/c16-12-10-18-15(17)14(21(22)23)13(12)19-6-8-20(9-7-19)26(24,25)11-4-2-1-3-5-11/h1-5,10H,6-9H2,(H2,17,18). The summed E-state index contributed by atoms with van der Waals surface area (Å²) < 4.78 is 27.2. The van der Waals surface area contributed by atoms with Crippen molar-refractivity contribution in [1.29, 1.82) is 0 Å². The van der Waals surface area contributed by atoms with Crippen LogP contribution < -0.4 is 10.6 Å². The quantitative estimate of drug-likeness (QED) is 0.566. The van der Waals surface area contributed by atoms with Gasteiger partial charge in [0.2, 0.25) is 15.8 Å². The largest absolute Gasteiger partial charge is 0.378 e. The van der Waals surface area contributed by atoms with E-state index in [9.17, 15) is 18.5 Å². The molecule has 138 valence electrons. The summed E-state index contributed by atoms with van der Waals surface area (Å²) in [5.41, 5.74) is 5.70. The fourth-order valence-electron chi connectivity index (χ4n) is 2.86. The molecule has 0 unspecified atom stereocenters. The minimum Gasteiger partial charge on any atom is -0.378 e. The zero-order valence-corrected chi connectivity index (χ0v) is 16.0. The molecule has 1 fully saturated rings. The van der Waals surface area contributed by atoms with Gasteiger partial charge in [0.15, 0.2) is 0 Å². The second-order valence-electron chi connectivity index (χ2n) is 5.65. The van der Waals surface area contributed by atoms with E-state index < -0.39 is 14.9 Å². The van der Waals surface area contributed by atoms with Gasteiger partial charge in [0.25, 0.3) is 0 Å². The van der Waals surface area contributed by atoms with Crippen molar-refractivity contribution in [3.05, 3.63) is 51.1 Å². The van der Waals surface area contributed by atoms with Crippen molar-refractivity contribution in [3.8, 4) is 0 Å². The summed E-state index contributed by atoms with van der Waals surface area (Å²) in [6.45, 7) is 1.02. The van der Waals surface area contributed by atoms with E-state index in [0.29, 0.717) is 23.2 Å². The lowest BCUT2D eigenvalue weighted by molar-refractivity contribution is -0.383. The fraction of sp³-hybridized carbons (Fsp3) is 0.267. The molecule has 1 aromatic carbocycles. The van der Waals surface area contributed by atoms with Crippen LogP contribution in [-0.2, 0) is 10.0 Å². The number of piperazine rings is 1. The van der Waals surface area contributed by atoms with Gasteiger partial charge >= 0.3 is 5.69 Å². The molecule has 1 aliphatic heterocycles. The minimum absolute atomic E-state index is 0.174. The van der Waals surface area contributed by atoms with Gasteiger partial charge < -0.3 is 10.6 Å². The van der Waals surface area contributed by atoms with Crippen LogP contribution in [0.15, 0.2) is 45.9 Å². The number of nitrogens with zero attached hydrogens (tertiary/aromatic N) is 4. The number of rotatable bonds is 4. The van der Waals surface area contributed by atoms with Crippen LogP contribution in [0.4, 0.5) is 17.2 Å². The van der Waals surface area contributed by atoms with Gasteiger partial charge in [-0.3, -0.25) is 10.1 Å². The molecule has 0 saturated carbocycles. The first-order valence-electron chi connectivity index (χ1n) is 7.71.